The van der Waals surface area contributed by atoms with E-state index in [-0.39, 0.29) is 30.3 Å². The number of aromatic nitrogens is 1. The van der Waals surface area contributed by atoms with Gasteiger partial charge >= 0.3 is 0 Å². The van der Waals surface area contributed by atoms with Crippen molar-refractivity contribution in [2.45, 2.75) is 25.4 Å². The zero-order valence-corrected chi connectivity index (χ0v) is 19.1. The number of fused-ring (bicyclic) bond motifs is 1. The van der Waals surface area contributed by atoms with Gasteiger partial charge in [0.25, 0.3) is 5.91 Å². The number of benzene rings is 1. The second-order valence-corrected chi connectivity index (χ2v) is 8.71. The Morgan fingerprint density at radius 3 is 2.81 bits per heavy atom. The van der Waals surface area contributed by atoms with Gasteiger partial charge in [0.1, 0.15) is 6.54 Å². The number of allylic oxidation sites excluding steroid dienone is 1. The van der Waals surface area contributed by atoms with Gasteiger partial charge in [0, 0.05) is 66.0 Å². The fraction of sp³-hybridized carbons (Fsp3) is 0.304. The lowest BCUT2D eigenvalue weighted by atomic mass is 10.1. The van der Waals surface area contributed by atoms with Crippen molar-refractivity contribution < 1.29 is 14.4 Å². The molecule has 3 amide bonds. The van der Waals surface area contributed by atoms with Crippen LogP contribution in [0, 0.1) is 0 Å². The molecule has 9 heteroatoms. The Hall–Kier alpha value is -3.20. The molecule has 0 radical (unpaired) electrons. The van der Waals surface area contributed by atoms with Crippen molar-refractivity contribution in [2.75, 3.05) is 19.6 Å². The lowest BCUT2D eigenvalue weighted by Gasteiger charge is -2.38. The summed E-state index contributed by atoms with van der Waals surface area (Å²) in [6, 6.07) is 5.58. The molecule has 2 aliphatic rings. The molecular weight excluding hydrogens is 474 g/mol. The van der Waals surface area contributed by atoms with Crippen LogP contribution in [0.3, 0.4) is 0 Å². The zero-order chi connectivity index (χ0) is 22.7. The van der Waals surface area contributed by atoms with Crippen LogP contribution >= 0.6 is 15.9 Å². The molecule has 0 saturated carbocycles. The Balaban J connectivity index is 1.42. The van der Waals surface area contributed by atoms with E-state index in [0.717, 1.165) is 27.5 Å². The van der Waals surface area contributed by atoms with Crippen LogP contribution < -0.4 is 10.6 Å². The second kappa shape index (κ2) is 9.52. The molecule has 0 bridgehead atoms. The third-order valence-electron chi connectivity index (χ3n) is 5.52. The average molecular weight is 498 g/mol. The van der Waals surface area contributed by atoms with E-state index in [1.807, 2.05) is 30.5 Å². The highest BCUT2D eigenvalue weighted by molar-refractivity contribution is 9.10. The molecule has 1 aromatic carbocycles. The van der Waals surface area contributed by atoms with Crippen molar-refractivity contribution in [3.8, 4) is 0 Å². The van der Waals surface area contributed by atoms with Gasteiger partial charge in [-0.2, -0.15) is 0 Å². The maximum absolute atomic E-state index is 12.9. The largest absolute Gasteiger partial charge is 0.352 e. The number of hydrogen-bond acceptors (Lipinski definition) is 4. The molecule has 0 aliphatic carbocycles. The van der Waals surface area contributed by atoms with E-state index in [9.17, 15) is 14.4 Å². The van der Waals surface area contributed by atoms with E-state index in [2.05, 4.69) is 38.1 Å². The number of nitrogens with one attached hydrogen (secondary N) is 2. The van der Waals surface area contributed by atoms with Gasteiger partial charge in [-0.15, -0.1) is 0 Å². The quantitative estimate of drug-likeness (QED) is 0.548. The molecule has 1 aromatic heterocycles. The van der Waals surface area contributed by atoms with E-state index >= 15 is 0 Å². The summed E-state index contributed by atoms with van der Waals surface area (Å²) < 4.78 is 2.63. The van der Waals surface area contributed by atoms with E-state index in [0.29, 0.717) is 31.6 Å². The Morgan fingerprint density at radius 1 is 1.28 bits per heavy atom. The predicted octanol–water partition coefficient (Wildman–Crippen LogP) is 2.40. The molecule has 3 heterocycles. The van der Waals surface area contributed by atoms with Crippen LogP contribution in [0.25, 0.3) is 10.9 Å². The average Bonchev–Trinajstić information content (AvgIpc) is 3.38. The van der Waals surface area contributed by atoms with Gasteiger partial charge in [0.05, 0.1) is 11.6 Å². The predicted molar refractivity (Wildman–Crippen MR) is 126 cm³/mol. The Morgan fingerprint density at radius 2 is 2.09 bits per heavy atom. The molecule has 32 heavy (non-hydrogen) atoms. The SMILES string of the molecule is C=CC(=O)N1CC(NC(=O)Cn2cc(C(=O)NCCC3=CCC=N3)c3cc(Br)ccc32)C1. The minimum absolute atomic E-state index is 0.0716. The van der Waals surface area contributed by atoms with Crippen LogP contribution in [0.1, 0.15) is 23.2 Å². The maximum atomic E-state index is 12.9. The Labute approximate surface area is 194 Å². The first kappa shape index (κ1) is 22.0. The summed E-state index contributed by atoms with van der Waals surface area (Å²) in [4.78, 5) is 42.9. The zero-order valence-electron chi connectivity index (χ0n) is 17.5. The van der Waals surface area contributed by atoms with Crippen LogP contribution in [0.5, 0.6) is 0 Å². The highest BCUT2D eigenvalue weighted by atomic mass is 79.9. The summed E-state index contributed by atoms with van der Waals surface area (Å²) in [7, 11) is 0. The normalized spacial score (nSPS) is 15.4. The molecule has 8 nitrogen and oxygen atoms in total. The Bertz CT molecular complexity index is 1140. The molecule has 166 valence electrons. The first-order chi connectivity index (χ1) is 15.4. The summed E-state index contributed by atoms with van der Waals surface area (Å²) in [5, 5.41) is 6.66. The van der Waals surface area contributed by atoms with Gasteiger partial charge in [-0.05, 0) is 24.3 Å². The molecule has 2 aromatic rings. The van der Waals surface area contributed by atoms with Crippen LogP contribution in [-0.4, -0.2) is 59.1 Å². The maximum Gasteiger partial charge on any atom is 0.253 e. The highest BCUT2D eigenvalue weighted by Gasteiger charge is 2.30. The van der Waals surface area contributed by atoms with Gasteiger partial charge < -0.3 is 20.1 Å². The third kappa shape index (κ3) is 4.83. The topological polar surface area (TPSA) is 95.8 Å². The number of likely N-dealkylation sites (tertiary alicyclic amines) is 1. The van der Waals surface area contributed by atoms with Crippen molar-refractivity contribution >= 4 is 50.8 Å². The fourth-order valence-corrected chi connectivity index (χ4v) is 4.23. The molecule has 0 unspecified atom stereocenters. The van der Waals surface area contributed by atoms with Gasteiger partial charge in [-0.25, -0.2) is 0 Å². The number of carbonyl (C=O) groups excluding carboxylic acids is 3. The van der Waals surface area contributed by atoms with Gasteiger partial charge in [0.2, 0.25) is 11.8 Å². The van der Waals surface area contributed by atoms with Crippen LogP contribution in [0.2, 0.25) is 0 Å². The van der Waals surface area contributed by atoms with Crippen LogP contribution in [0.15, 0.2) is 58.3 Å². The number of halogens is 1. The van der Waals surface area contributed by atoms with Crippen molar-refractivity contribution in [3.05, 3.63) is 58.9 Å². The first-order valence-corrected chi connectivity index (χ1v) is 11.2. The Kier molecular flexibility index (Phi) is 6.55. The van der Waals surface area contributed by atoms with E-state index in [4.69, 9.17) is 0 Å². The van der Waals surface area contributed by atoms with Crippen LogP contribution in [0.4, 0.5) is 0 Å². The number of aliphatic imine (C=N–C) groups is 1. The van der Waals surface area contributed by atoms with E-state index in [1.54, 1.807) is 15.7 Å². The summed E-state index contributed by atoms with van der Waals surface area (Å²) in [6.07, 6.45) is 8.41. The lowest BCUT2D eigenvalue weighted by molar-refractivity contribution is -0.133. The standard InChI is InChI=1S/C23H24BrN5O3/c1-2-22(31)29-11-17(12-29)27-21(30)14-28-13-19(18-10-15(24)5-6-20(18)28)23(32)26-9-7-16-4-3-8-25-16/h2,4-6,8,10,13,17H,1,3,7,9,11-12,14H2,(H,26,32)(H,27,30). The lowest BCUT2D eigenvalue weighted by Crippen LogP contribution is -2.61. The van der Waals surface area contributed by atoms with E-state index in [1.165, 1.54) is 6.08 Å². The molecular formula is C23H24BrN5O3. The summed E-state index contributed by atoms with van der Waals surface area (Å²) in [5.41, 5.74) is 2.30. The third-order valence-corrected chi connectivity index (χ3v) is 6.01. The second-order valence-electron chi connectivity index (χ2n) is 7.79. The minimum Gasteiger partial charge on any atom is -0.352 e. The van der Waals surface area contributed by atoms with Gasteiger partial charge in [0.15, 0.2) is 0 Å². The van der Waals surface area contributed by atoms with Crippen molar-refractivity contribution in [1.29, 1.82) is 0 Å². The van der Waals surface area contributed by atoms with Crippen molar-refractivity contribution in [3.63, 3.8) is 0 Å². The summed E-state index contributed by atoms with van der Waals surface area (Å²) in [5.74, 6) is -0.491. The minimum atomic E-state index is -0.188. The van der Waals surface area contributed by atoms with Crippen LogP contribution in [-0.2, 0) is 16.1 Å². The molecule has 0 atom stereocenters. The first-order valence-electron chi connectivity index (χ1n) is 10.4. The molecule has 4 rings (SSSR count). The fourth-order valence-electron chi connectivity index (χ4n) is 3.87. The molecule has 1 saturated heterocycles. The molecule has 2 N–H and O–H groups in total. The smallest absolute Gasteiger partial charge is 0.253 e. The van der Waals surface area contributed by atoms with Crippen molar-refractivity contribution in [2.24, 2.45) is 4.99 Å². The number of hydrogen-bond donors (Lipinski definition) is 2. The summed E-state index contributed by atoms with van der Waals surface area (Å²) >= 11 is 3.46. The number of amides is 3. The number of rotatable bonds is 8. The monoisotopic (exact) mass is 497 g/mol. The number of carbonyl (C=O) groups is 3. The van der Waals surface area contributed by atoms with Gasteiger partial charge in [-0.3, -0.25) is 19.4 Å². The van der Waals surface area contributed by atoms with E-state index < -0.39 is 0 Å². The molecule has 2 aliphatic heterocycles. The van der Waals surface area contributed by atoms with Crippen molar-refractivity contribution in [1.82, 2.24) is 20.1 Å². The number of nitrogens with zero attached hydrogens (tertiary/aromatic N) is 3. The van der Waals surface area contributed by atoms with Gasteiger partial charge in [-0.1, -0.05) is 28.6 Å². The summed E-state index contributed by atoms with van der Waals surface area (Å²) in [6.45, 7) is 4.99. The molecule has 0 spiro atoms. The molecule has 1 fully saturated rings. The highest BCUT2D eigenvalue weighted by Crippen LogP contribution is 2.25.